The van der Waals surface area contributed by atoms with E-state index in [1.54, 1.807) is 12.4 Å². The number of aromatic nitrogens is 3. The number of anilines is 3. The summed E-state index contributed by atoms with van der Waals surface area (Å²) in [7, 11) is 0. The summed E-state index contributed by atoms with van der Waals surface area (Å²) < 4.78 is 1.02. The Morgan fingerprint density at radius 1 is 0.964 bits per heavy atom. The monoisotopic (exact) mass is 439 g/mol. The molecule has 0 amide bonds. The van der Waals surface area contributed by atoms with Crippen molar-refractivity contribution in [1.29, 1.82) is 0 Å². The van der Waals surface area contributed by atoms with Crippen LogP contribution in [0.15, 0.2) is 59.3 Å². The maximum absolute atomic E-state index is 9.78. The summed E-state index contributed by atoms with van der Waals surface area (Å²) in [5.74, 6) is 1.29. The van der Waals surface area contributed by atoms with Gasteiger partial charge >= 0.3 is 0 Å². The van der Waals surface area contributed by atoms with Crippen molar-refractivity contribution in [1.82, 2.24) is 15.0 Å². The summed E-state index contributed by atoms with van der Waals surface area (Å²) >= 11 is 3.44. The molecule has 1 aliphatic carbocycles. The molecule has 3 aromatic rings. The predicted octanol–water partition coefficient (Wildman–Crippen LogP) is 4.76. The SMILES string of the molecule is OC1CCC(Nc2nc(Nc3ccc(Br)cc3)ncc2-c2ccccn2)CC1. The molecule has 28 heavy (non-hydrogen) atoms. The molecule has 1 aliphatic rings. The van der Waals surface area contributed by atoms with E-state index >= 15 is 0 Å². The Kier molecular flexibility index (Phi) is 5.83. The fourth-order valence-electron chi connectivity index (χ4n) is 3.34. The molecule has 0 unspecified atom stereocenters. The van der Waals surface area contributed by atoms with Crippen molar-refractivity contribution in [2.75, 3.05) is 10.6 Å². The lowest BCUT2D eigenvalue weighted by Crippen LogP contribution is -2.29. The molecule has 2 aromatic heterocycles. The standard InChI is InChI=1S/C21H22BrN5O/c22-14-4-6-16(7-5-14)26-21-24-13-18(19-3-1-2-12-23-19)20(27-21)25-15-8-10-17(28)11-9-15/h1-7,12-13,15,17,28H,8-11H2,(H2,24,25,26,27). The molecule has 7 heteroatoms. The zero-order valence-electron chi connectivity index (χ0n) is 15.3. The van der Waals surface area contributed by atoms with Crippen molar-refractivity contribution in [3.63, 3.8) is 0 Å². The molecule has 144 valence electrons. The van der Waals surface area contributed by atoms with E-state index in [0.29, 0.717) is 5.95 Å². The Labute approximate surface area is 172 Å². The molecule has 0 bridgehead atoms. The van der Waals surface area contributed by atoms with Gasteiger partial charge in [-0.1, -0.05) is 22.0 Å². The van der Waals surface area contributed by atoms with Crippen molar-refractivity contribution in [2.45, 2.75) is 37.8 Å². The lowest BCUT2D eigenvalue weighted by atomic mass is 9.93. The van der Waals surface area contributed by atoms with Gasteiger partial charge in [-0.05, 0) is 62.1 Å². The van der Waals surface area contributed by atoms with E-state index in [-0.39, 0.29) is 12.1 Å². The molecular weight excluding hydrogens is 418 g/mol. The van der Waals surface area contributed by atoms with Gasteiger partial charge in [-0.2, -0.15) is 4.98 Å². The van der Waals surface area contributed by atoms with Gasteiger partial charge in [-0.15, -0.1) is 0 Å². The van der Waals surface area contributed by atoms with E-state index in [1.807, 2.05) is 42.5 Å². The van der Waals surface area contributed by atoms with Gasteiger partial charge in [-0.25, -0.2) is 4.98 Å². The first-order valence-corrected chi connectivity index (χ1v) is 10.2. The topological polar surface area (TPSA) is 83.0 Å². The molecule has 0 atom stereocenters. The fourth-order valence-corrected chi connectivity index (χ4v) is 3.60. The largest absolute Gasteiger partial charge is 0.393 e. The molecule has 2 heterocycles. The van der Waals surface area contributed by atoms with E-state index in [9.17, 15) is 5.11 Å². The minimum Gasteiger partial charge on any atom is -0.393 e. The van der Waals surface area contributed by atoms with Crippen LogP contribution in [0.5, 0.6) is 0 Å². The maximum Gasteiger partial charge on any atom is 0.229 e. The van der Waals surface area contributed by atoms with Gasteiger partial charge < -0.3 is 15.7 Å². The fraction of sp³-hybridized carbons (Fsp3) is 0.286. The third-order valence-electron chi connectivity index (χ3n) is 4.87. The summed E-state index contributed by atoms with van der Waals surface area (Å²) in [6.45, 7) is 0. The van der Waals surface area contributed by atoms with Crippen LogP contribution in [-0.2, 0) is 0 Å². The molecule has 6 nitrogen and oxygen atoms in total. The first kappa shape index (κ1) is 18.8. The van der Waals surface area contributed by atoms with E-state index in [0.717, 1.165) is 52.9 Å². The lowest BCUT2D eigenvalue weighted by Gasteiger charge is -2.27. The molecule has 1 saturated carbocycles. The average molecular weight is 440 g/mol. The second-order valence-corrected chi connectivity index (χ2v) is 7.87. The average Bonchev–Trinajstić information content (AvgIpc) is 2.72. The molecular formula is C21H22BrN5O. The number of hydrogen-bond acceptors (Lipinski definition) is 6. The number of rotatable bonds is 5. The van der Waals surface area contributed by atoms with Crippen LogP contribution in [0.1, 0.15) is 25.7 Å². The van der Waals surface area contributed by atoms with E-state index in [4.69, 9.17) is 4.98 Å². The van der Waals surface area contributed by atoms with Crippen molar-refractivity contribution in [3.8, 4) is 11.3 Å². The smallest absolute Gasteiger partial charge is 0.229 e. The predicted molar refractivity (Wildman–Crippen MR) is 115 cm³/mol. The molecule has 0 saturated heterocycles. The Hall–Kier alpha value is -2.51. The molecule has 0 aliphatic heterocycles. The Morgan fingerprint density at radius 3 is 2.46 bits per heavy atom. The highest BCUT2D eigenvalue weighted by molar-refractivity contribution is 9.10. The summed E-state index contributed by atoms with van der Waals surface area (Å²) in [6.07, 6.45) is 6.84. The van der Waals surface area contributed by atoms with Gasteiger partial charge in [0.1, 0.15) is 5.82 Å². The van der Waals surface area contributed by atoms with Crippen LogP contribution in [0.3, 0.4) is 0 Å². The summed E-state index contributed by atoms with van der Waals surface area (Å²) in [5, 5.41) is 16.6. The molecule has 3 N–H and O–H groups in total. The van der Waals surface area contributed by atoms with Crippen LogP contribution in [0.25, 0.3) is 11.3 Å². The Balaban J connectivity index is 1.61. The van der Waals surface area contributed by atoms with Crippen LogP contribution >= 0.6 is 15.9 Å². The van der Waals surface area contributed by atoms with Crippen molar-refractivity contribution < 1.29 is 5.11 Å². The zero-order valence-corrected chi connectivity index (χ0v) is 16.9. The molecule has 0 radical (unpaired) electrons. The van der Waals surface area contributed by atoms with Crippen LogP contribution in [0, 0.1) is 0 Å². The van der Waals surface area contributed by atoms with Gasteiger partial charge in [0.15, 0.2) is 0 Å². The molecule has 1 fully saturated rings. The number of aliphatic hydroxyl groups is 1. The molecule has 1 aromatic carbocycles. The van der Waals surface area contributed by atoms with Crippen LogP contribution in [0.4, 0.5) is 17.5 Å². The van der Waals surface area contributed by atoms with Crippen LogP contribution in [0.2, 0.25) is 0 Å². The summed E-state index contributed by atoms with van der Waals surface area (Å²) in [6, 6.07) is 14.0. The van der Waals surface area contributed by atoms with Crippen molar-refractivity contribution in [2.24, 2.45) is 0 Å². The van der Waals surface area contributed by atoms with Crippen LogP contribution < -0.4 is 10.6 Å². The van der Waals surface area contributed by atoms with Crippen LogP contribution in [-0.4, -0.2) is 32.2 Å². The minimum atomic E-state index is -0.187. The third kappa shape index (κ3) is 4.66. The minimum absolute atomic E-state index is 0.187. The van der Waals surface area contributed by atoms with E-state index in [2.05, 4.69) is 36.5 Å². The highest BCUT2D eigenvalue weighted by atomic mass is 79.9. The Morgan fingerprint density at radius 2 is 1.75 bits per heavy atom. The highest BCUT2D eigenvalue weighted by Gasteiger charge is 2.21. The summed E-state index contributed by atoms with van der Waals surface area (Å²) in [5.41, 5.74) is 2.62. The highest BCUT2D eigenvalue weighted by Crippen LogP contribution is 2.29. The summed E-state index contributed by atoms with van der Waals surface area (Å²) in [4.78, 5) is 13.7. The second-order valence-electron chi connectivity index (χ2n) is 6.95. The molecule has 0 spiro atoms. The van der Waals surface area contributed by atoms with Gasteiger partial charge in [0, 0.05) is 28.6 Å². The van der Waals surface area contributed by atoms with Crippen molar-refractivity contribution in [3.05, 3.63) is 59.3 Å². The number of nitrogens with one attached hydrogen (secondary N) is 2. The lowest BCUT2D eigenvalue weighted by molar-refractivity contribution is 0.126. The first-order valence-electron chi connectivity index (χ1n) is 9.43. The Bertz CT molecular complexity index is 912. The number of pyridine rings is 1. The maximum atomic E-state index is 9.78. The number of hydrogen-bond donors (Lipinski definition) is 3. The van der Waals surface area contributed by atoms with E-state index in [1.165, 1.54) is 0 Å². The van der Waals surface area contributed by atoms with Gasteiger partial charge in [0.2, 0.25) is 5.95 Å². The third-order valence-corrected chi connectivity index (χ3v) is 5.40. The van der Waals surface area contributed by atoms with Crippen molar-refractivity contribution >= 4 is 33.4 Å². The quantitative estimate of drug-likeness (QED) is 0.531. The van der Waals surface area contributed by atoms with Gasteiger partial charge in [-0.3, -0.25) is 4.98 Å². The molecule has 4 rings (SSSR count). The number of halogens is 1. The first-order chi connectivity index (χ1) is 13.7. The van der Waals surface area contributed by atoms with Gasteiger partial charge in [0.25, 0.3) is 0 Å². The zero-order chi connectivity index (χ0) is 19.3. The normalized spacial score (nSPS) is 19.2. The van der Waals surface area contributed by atoms with Gasteiger partial charge in [0.05, 0.1) is 17.4 Å². The number of nitrogens with zero attached hydrogens (tertiary/aromatic N) is 3. The number of benzene rings is 1. The second kappa shape index (κ2) is 8.67. The van der Waals surface area contributed by atoms with E-state index < -0.39 is 0 Å². The number of aliphatic hydroxyl groups excluding tert-OH is 1.